The lowest BCUT2D eigenvalue weighted by Gasteiger charge is -2.13. The number of pyridine rings is 1. The molecule has 1 atom stereocenters. The first-order valence-electron chi connectivity index (χ1n) is 5.24. The van der Waals surface area contributed by atoms with E-state index >= 15 is 0 Å². The van der Waals surface area contributed by atoms with Gasteiger partial charge in [-0.05, 0) is 53.4 Å². The third kappa shape index (κ3) is 3.02. The molecule has 0 spiro atoms. The minimum absolute atomic E-state index is 0.552. The molecule has 86 valence electrons. The molecule has 0 saturated heterocycles. The van der Waals surface area contributed by atoms with Crippen LogP contribution in [0.3, 0.4) is 0 Å². The van der Waals surface area contributed by atoms with Crippen LogP contribution in [0.4, 0.5) is 0 Å². The third-order valence-corrected chi connectivity index (χ3v) is 3.07. The summed E-state index contributed by atoms with van der Waals surface area (Å²) in [7, 11) is 0. The quantitative estimate of drug-likeness (QED) is 0.868. The average molecular weight is 285 g/mol. The van der Waals surface area contributed by atoms with Gasteiger partial charge in [0.2, 0.25) is 0 Å². The molecular weight excluding hydrogens is 272 g/mol. The Hall–Kier alpha value is -0.940. The zero-order valence-electron chi connectivity index (χ0n) is 8.69. The van der Waals surface area contributed by atoms with Gasteiger partial charge in [-0.2, -0.15) is 0 Å². The van der Waals surface area contributed by atoms with E-state index in [9.17, 15) is 4.79 Å². The van der Waals surface area contributed by atoms with E-state index in [1.807, 2.05) is 0 Å². The van der Waals surface area contributed by atoms with E-state index in [1.54, 1.807) is 18.3 Å². The molecule has 1 heterocycles. The van der Waals surface area contributed by atoms with E-state index < -0.39 is 12.0 Å². The van der Waals surface area contributed by atoms with Crippen LogP contribution in [0.25, 0.3) is 0 Å². The Morgan fingerprint density at radius 3 is 2.88 bits per heavy atom. The van der Waals surface area contributed by atoms with Crippen LogP contribution in [0, 0.1) is 5.92 Å². The van der Waals surface area contributed by atoms with Gasteiger partial charge >= 0.3 is 5.97 Å². The number of nitrogens with one attached hydrogen (secondary N) is 1. The fourth-order valence-corrected chi connectivity index (χ4v) is 1.72. The first kappa shape index (κ1) is 11.5. The molecule has 5 heteroatoms. The van der Waals surface area contributed by atoms with E-state index in [-0.39, 0.29) is 0 Å². The summed E-state index contributed by atoms with van der Waals surface area (Å²) in [6, 6.07) is 2.83. The van der Waals surface area contributed by atoms with E-state index in [1.165, 1.54) is 12.8 Å². The molecular formula is C11H13BrN2O2. The minimum atomic E-state index is -0.879. The van der Waals surface area contributed by atoms with Gasteiger partial charge in [-0.1, -0.05) is 0 Å². The highest BCUT2D eigenvalue weighted by Crippen LogP contribution is 2.28. The zero-order valence-corrected chi connectivity index (χ0v) is 10.3. The normalized spacial score (nSPS) is 17.1. The first-order chi connectivity index (χ1) is 7.66. The molecule has 0 bridgehead atoms. The van der Waals surface area contributed by atoms with Gasteiger partial charge in [0.1, 0.15) is 6.04 Å². The van der Waals surface area contributed by atoms with Crippen LogP contribution < -0.4 is 5.32 Å². The second-order valence-electron chi connectivity index (χ2n) is 4.02. The molecule has 1 fully saturated rings. The van der Waals surface area contributed by atoms with Crippen molar-refractivity contribution in [1.29, 1.82) is 0 Å². The summed E-state index contributed by atoms with van der Waals surface area (Å²) in [5.41, 5.74) is 0.552. The Kier molecular flexibility index (Phi) is 3.56. The largest absolute Gasteiger partial charge is 0.480 e. The number of carboxylic acids is 1. The number of aromatic nitrogens is 1. The Bertz CT molecular complexity index is 376. The smallest absolute Gasteiger partial charge is 0.326 e. The van der Waals surface area contributed by atoms with Crippen LogP contribution in [0.1, 0.15) is 24.6 Å². The number of carboxylic acid groups (broad SMARTS) is 1. The SMILES string of the molecule is O=C(O)C(NCC1CC1)c1ccc(Br)cn1. The molecule has 1 aliphatic carbocycles. The van der Waals surface area contributed by atoms with Gasteiger partial charge in [0.15, 0.2) is 0 Å². The van der Waals surface area contributed by atoms with Crippen molar-refractivity contribution in [2.75, 3.05) is 6.54 Å². The molecule has 0 aromatic carbocycles. The minimum Gasteiger partial charge on any atom is -0.480 e. The van der Waals surface area contributed by atoms with Gasteiger partial charge in [0.25, 0.3) is 0 Å². The molecule has 2 N–H and O–H groups in total. The highest BCUT2D eigenvalue weighted by molar-refractivity contribution is 9.10. The summed E-state index contributed by atoms with van der Waals surface area (Å²) in [6.45, 7) is 0.759. The van der Waals surface area contributed by atoms with Crippen molar-refractivity contribution in [2.45, 2.75) is 18.9 Å². The predicted molar refractivity (Wildman–Crippen MR) is 63.0 cm³/mol. The molecule has 0 aliphatic heterocycles. The Morgan fingerprint density at radius 2 is 2.38 bits per heavy atom. The summed E-state index contributed by atoms with van der Waals surface area (Å²) in [6.07, 6.45) is 4.02. The van der Waals surface area contributed by atoms with Crippen molar-refractivity contribution in [3.63, 3.8) is 0 Å². The van der Waals surface area contributed by atoms with E-state index in [4.69, 9.17) is 5.11 Å². The van der Waals surface area contributed by atoms with E-state index in [0.717, 1.165) is 11.0 Å². The van der Waals surface area contributed by atoms with Crippen LogP contribution in [0.2, 0.25) is 0 Å². The summed E-state index contributed by atoms with van der Waals surface area (Å²) in [5.74, 6) is -0.229. The highest BCUT2D eigenvalue weighted by atomic mass is 79.9. The molecule has 2 rings (SSSR count). The second kappa shape index (κ2) is 4.93. The van der Waals surface area contributed by atoms with Crippen molar-refractivity contribution in [2.24, 2.45) is 5.92 Å². The van der Waals surface area contributed by atoms with Crippen molar-refractivity contribution in [3.05, 3.63) is 28.5 Å². The van der Waals surface area contributed by atoms with Crippen LogP contribution in [0.5, 0.6) is 0 Å². The molecule has 1 unspecified atom stereocenters. The Labute approximate surface area is 102 Å². The summed E-state index contributed by atoms with van der Waals surface area (Å²) in [4.78, 5) is 15.2. The topological polar surface area (TPSA) is 62.2 Å². The van der Waals surface area contributed by atoms with Crippen LogP contribution in [-0.4, -0.2) is 22.6 Å². The van der Waals surface area contributed by atoms with Crippen LogP contribution >= 0.6 is 15.9 Å². The molecule has 4 nitrogen and oxygen atoms in total. The Balaban J connectivity index is 2.04. The fourth-order valence-electron chi connectivity index (χ4n) is 1.48. The number of aliphatic carboxylic acids is 1. The predicted octanol–water partition coefficient (Wildman–Crippen LogP) is 1.97. The molecule has 16 heavy (non-hydrogen) atoms. The standard InChI is InChI=1S/C11H13BrN2O2/c12-8-3-4-9(13-6-8)10(11(15)16)14-5-7-1-2-7/h3-4,6-7,10,14H,1-2,5H2,(H,15,16). The number of nitrogens with zero attached hydrogens (tertiary/aromatic N) is 1. The zero-order chi connectivity index (χ0) is 11.5. The number of hydrogen-bond donors (Lipinski definition) is 2. The fraction of sp³-hybridized carbons (Fsp3) is 0.455. The molecule has 0 radical (unpaired) electrons. The van der Waals surface area contributed by atoms with Gasteiger partial charge in [-0.25, -0.2) is 0 Å². The lowest BCUT2D eigenvalue weighted by atomic mass is 10.2. The maximum Gasteiger partial charge on any atom is 0.326 e. The molecule has 1 aromatic heterocycles. The number of carbonyl (C=O) groups is 1. The summed E-state index contributed by atoms with van der Waals surface area (Å²) >= 11 is 3.27. The number of rotatable bonds is 5. The van der Waals surface area contributed by atoms with Crippen molar-refractivity contribution >= 4 is 21.9 Å². The van der Waals surface area contributed by atoms with Gasteiger partial charge in [-0.15, -0.1) is 0 Å². The maximum atomic E-state index is 11.1. The Morgan fingerprint density at radius 1 is 1.62 bits per heavy atom. The van der Waals surface area contributed by atoms with Crippen LogP contribution in [-0.2, 0) is 4.79 Å². The van der Waals surface area contributed by atoms with Gasteiger partial charge in [0.05, 0.1) is 5.69 Å². The summed E-state index contributed by atoms with van der Waals surface area (Å²) < 4.78 is 0.850. The van der Waals surface area contributed by atoms with Gasteiger partial charge in [0, 0.05) is 10.7 Å². The van der Waals surface area contributed by atoms with E-state index in [0.29, 0.717) is 11.6 Å². The van der Waals surface area contributed by atoms with Crippen LogP contribution in [0.15, 0.2) is 22.8 Å². The first-order valence-corrected chi connectivity index (χ1v) is 6.04. The summed E-state index contributed by atoms with van der Waals surface area (Å²) in [5, 5.41) is 12.2. The maximum absolute atomic E-state index is 11.1. The molecule has 1 saturated carbocycles. The third-order valence-electron chi connectivity index (χ3n) is 2.60. The average Bonchev–Trinajstić information content (AvgIpc) is 3.04. The van der Waals surface area contributed by atoms with E-state index in [2.05, 4.69) is 26.2 Å². The highest BCUT2D eigenvalue weighted by Gasteiger charge is 2.26. The number of halogens is 1. The second-order valence-corrected chi connectivity index (χ2v) is 4.94. The molecule has 1 aromatic rings. The molecule has 0 amide bonds. The number of hydrogen-bond acceptors (Lipinski definition) is 3. The monoisotopic (exact) mass is 284 g/mol. The molecule has 1 aliphatic rings. The van der Waals surface area contributed by atoms with Crippen molar-refractivity contribution in [1.82, 2.24) is 10.3 Å². The van der Waals surface area contributed by atoms with Gasteiger partial charge in [-0.3, -0.25) is 15.1 Å². The lowest BCUT2D eigenvalue weighted by Crippen LogP contribution is -2.30. The van der Waals surface area contributed by atoms with Gasteiger partial charge < -0.3 is 5.11 Å². The lowest BCUT2D eigenvalue weighted by molar-refractivity contribution is -0.139. The van der Waals surface area contributed by atoms with Crippen molar-refractivity contribution < 1.29 is 9.90 Å². The van der Waals surface area contributed by atoms with Crippen molar-refractivity contribution in [3.8, 4) is 0 Å².